The van der Waals surface area contributed by atoms with Crippen LogP contribution < -0.4 is 0 Å². The van der Waals surface area contributed by atoms with Gasteiger partial charge >= 0.3 is 5.97 Å². The van der Waals surface area contributed by atoms with Gasteiger partial charge in [0.25, 0.3) is 5.78 Å². The van der Waals surface area contributed by atoms with E-state index in [-0.39, 0.29) is 12.4 Å². The van der Waals surface area contributed by atoms with Crippen molar-refractivity contribution >= 4 is 21.6 Å². The van der Waals surface area contributed by atoms with Gasteiger partial charge in [0.15, 0.2) is 9.84 Å². The molecule has 1 aromatic rings. The topological polar surface area (TPSA) is 77.5 Å². The van der Waals surface area contributed by atoms with Gasteiger partial charge in [-0.15, -0.1) is 0 Å². The van der Waals surface area contributed by atoms with Gasteiger partial charge in [-0.2, -0.15) is 0 Å². The van der Waals surface area contributed by atoms with Crippen LogP contribution in [0.5, 0.6) is 0 Å². The van der Waals surface area contributed by atoms with E-state index in [9.17, 15) is 18.0 Å². The van der Waals surface area contributed by atoms with Gasteiger partial charge in [0.2, 0.25) is 0 Å². The standard InChI is InChI=1S/C12H14O5S/c1-2-17-12(14)11(13)9-18(15,16)8-10-6-4-3-5-7-10/h3-7H,2,8-9H2,1H3. The highest BCUT2D eigenvalue weighted by Gasteiger charge is 2.23. The summed E-state index contributed by atoms with van der Waals surface area (Å²) < 4.78 is 27.8. The van der Waals surface area contributed by atoms with Gasteiger partial charge in [0, 0.05) is 0 Å². The lowest BCUT2D eigenvalue weighted by atomic mass is 10.2. The van der Waals surface area contributed by atoms with E-state index in [4.69, 9.17) is 0 Å². The third-order valence-corrected chi connectivity index (χ3v) is 3.56. The molecule has 0 radical (unpaired) electrons. The number of carbonyl (C=O) groups is 2. The second kappa shape index (κ2) is 6.30. The van der Waals surface area contributed by atoms with E-state index in [0.717, 1.165) is 0 Å². The Hall–Kier alpha value is -1.69. The summed E-state index contributed by atoms with van der Waals surface area (Å²) in [7, 11) is -3.65. The van der Waals surface area contributed by atoms with E-state index in [1.807, 2.05) is 0 Å². The molecule has 0 heterocycles. The summed E-state index contributed by atoms with van der Waals surface area (Å²) in [5, 5.41) is 0. The molecule has 0 fully saturated rings. The molecule has 0 saturated heterocycles. The molecule has 0 N–H and O–H groups in total. The monoisotopic (exact) mass is 270 g/mol. The molecule has 0 spiro atoms. The molecule has 6 heteroatoms. The van der Waals surface area contributed by atoms with Crippen LogP contribution in [0, 0.1) is 0 Å². The lowest BCUT2D eigenvalue weighted by Crippen LogP contribution is -2.26. The highest BCUT2D eigenvalue weighted by molar-refractivity contribution is 7.91. The Balaban J connectivity index is 2.66. The van der Waals surface area contributed by atoms with Crippen LogP contribution >= 0.6 is 0 Å². The summed E-state index contributed by atoms with van der Waals surface area (Å²) in [6.07, 6.45) is 0. The molecule has 0 unspecified atom stereocenters. The molecule has 1 aromatic carbocycles. The number of esters is 1. The fourth-order valence-corrected chi connectivity index (χ4v) is 2.67. The maximum Gasteiger partial charge on any atom is 0.375 e. The predicted molar refractivity (Wildman–Crippen MR) is 65.6 cm³/mol. The van der Waals surface area contributed by atoms with Gasteiger partial charge in [-0.1, -0.05) is 30.3 Å². The minimum Gasteiger partial charge on any atom is -0.460 e. The van der Waals surface area contributed by atoms with Crippen LogP contribution in [0.3, 0.4) is 0 Å². The van der Waals surface area contributed by atoms with Gasteiger partial charge in [0.1, 0.15) is 5.75 Å². The Kier molecular flexibility index (Phi) is 5.03. The number of rotatable bonds is 6. The Morgan fingerprint density at radius 3 is 2.33 bits per heavy atom. The van der Waals surface area contributed by atoms with Crippen LogP contribution in [-0.2, 0) is 29.9 Å². The van der Waals surface area contributed by atoms with Gasteiger partial charge in [-0.3, -0.25) is 4.79 Å². The van der Waals surface area contributed by atoms with Crippen molar-refractivity contribution in [2.45, 2.75) is 12.7 Å². The fraction of sp³-hybridized carbons (Fsp3) is 0.333. The lowest BCUT2D eigenvalue weighted by molar-refractivity contribution is -0.152. The molecular formula is C12H14O5S. The third-order valence-electron chi connectivity index (χ3n) is 2.08. The number of hydrogen-bond acceptors (Lipinski definition) is 5. The largest absolute Gasteiger partial charge is 0.460 e. The number of ether oxygens (including phenoxy) is 1. The van der Waals surface area contributed by atoms with Crippen molar-refractivity contribution in [2.75, 3.05) is 12.4 Å². The Morgan fingerprint density at radius 1 is 1.17 bits per heavy atom. The van der Waals surface area contributed by atoms with E-state index < -0.39 is 27.3 Å². The predicted octanol–water partition coefficient (Wildman–Crippen LogP) is 0.734. The fourth-order valence-electron chi connectivity index (χ4n) is 1.35. The highest BCUT2D eigenvalue weighted by atomic mass is 32.2. The molecule has 0 aromatic heterocycles. The first kappa shape index (κ1) is 14.4. The van der Waals surface area contributed by atoms with Gasteiger partial charge < -0.3 is 4.74 Å². The Labute approximate surface area is 106 Å². The summed E-state index contributed by atoms with van der Waals surface area (Å²) in [6.45, 7) is 1.59. The molecule has 0 saturated carbocycles. The number of benzene rings is 1. The zero-order valence-corrected chi connectivity index (χ0v) is 10.8. The summed E-state index contributed by atoms with van der Waals surface area (Å²) in [4.78, 5) is 22.3. The Morgan fingerprint density at radius 2 is 1.78 bits per heavy atom. The first-order chi connectivity index (χ1) is 8.44. The molecular weight excluding hydrogens is 256 g/mol. The number of hydrogen-bond donors (Lipinski definition) is 0. The van der Waals surface area contributed by atoms with Gasteiger partial charge in [-0.25, -0.2) is 13.2 Å². The smallest absolute Gasteiger partial charge is 0.375 e. The van der Waals surface area contributed by atoms with Crippen molar-refractivity contribution in [3.8, 4) is 0 Å². The second-order valence-corrected chi connectivity index (χ2v) is 5.73. The van der Waals surface area contributed by atoms with Crippen LogP contribution in [0.2, 0.25) is 0 Å². The molecule has 0 aliphatic carbocycles. The van der Waals surface area contributed by atoms with E-state index in [1.54, 1.807) is 37.3 Å². The molecule has 0 atom stereocenters. The van der Waals surface area contributed by atoms with E-state index in [1.165, 1.54) is 0 Å². The molecule has 1 rings (SSSR count). The molecule has 0 aliphatic heterocycles. The minimum absolute atomic E-state index is 0.0449. The van der Waals surface area contributed by atoms with Crippen LogP contribution in [0.4, 0.5) is 0 Å². The molecule has 5 nitrogen and oxygen atoms in total. The summed E-state index contributed by atoms with van der Waals surface area (Å²) in [6, 6.07) is 8.47. The first-order valence-electron chi connectivity index (χ1n) is 5.39. The molecule has 0 bridgehead atoms. The quantitative estimate of drug-likeness (QED) is 0.562. The Bertz CT molecular complexity index is 519. The van der Waals surface area contributed by atoms with Crippen LogP contribution in [-0.4, -0.2) is 32.5 Å². The number of Topliss-reactive ketones (excluding diaryl/α,β-unsaturated/α-hetero) is 1. The van der Waals surface area contributed by atoms with Gasteiger partial charge in [-0.05, 0) is 12.5 Å². The average molecular weight is 270 g/mol. The van der Waals surface area contributed by atoms with Crippen molar-refractivity contribution in [1.29, 1.82) is 0 Å². The molecule has 0 amide bonds. The second-order valence-electron chi connectivity index (χ2n) is 3.66. The van der Waals surface area contributed by atoms with E-state index in [2.05, 4.69) is 4.74 Å². The maximum absolute atomic E-state index is 11.7. The first-order valence-corrected chi connectivity index (χ1v) is 7.21. The third kappa shape index (κ3) is 4.67. The summed E-state index contributed by atoms with van der Waals surface area (Å²) in [5.74, 6) is -3.22. The summed E-state index contributed by atoms with van der Waals surface area (Å²) >= 11 is 0. The van der Waals surface area contributed by atoms with Crippen molar-refractivity contribution in [3.05, 3.63) is 35.9 Å². The van der Waals surface area contributed by atoms with Gasteiger partial charge in [0.05, 0.1) is 12.4 Å². The molecule has 98 valence electrons. The highest BCUT2D eigenvalue weighted by Crippen LogP contribution is 2.06. The number of sulfone groups is 1. The minimum atomic E-state index is -3.65. The molecule has 0 aliphatic rings. The zero-order valence-electron chi connectivity index (χ0n) is 9.96. The van der Waals surface area contributed by atoms with E-state index in [0.29, 0.717) is 5.56 Å². The zero-order chi connectivity index (χ0) is 13.6. The lowest BCUT2D eigenvalue weighted by Gasteiger charge is -2.03. The normalized spacial score (nSPS) is 10.9. The average Bonchev–Trinajstić information content (AvgIpc) is 2.29. The van der Waals surface area contributed by atoms with Crippen LogP contribution in [0.15, 0.2) is 30.3 Å². The van der Waals surface area contributed by atoms with Crippen molar-refractivity contribution in [1.82, 2.24) is 0 Å². The van der Waals surface area contributed by atoms with Crippen molar-refractivity contribution in [3.63, 3.8) is 0 Å². The van der Waals surface area contributed by atoms with Crippen molar-refractivity contribution in [2.24, 2.45) is 0 Å². The number of ketones is 1. The SMILES string of the molecule is CCOC(=O)C(=O)CS(=O)(=O)Cc1ccccc1. The summed E-state index contributed by atoms with van der Waals surface area (Å²) in [5.41, 5.74) is 0.578. The van der Waals surface area contributed by atoms with E-state index >= 15 is 0 Å². The van der Waals surface area contributed by atoms with Crippen LogP contribution in [0.25, 0.3) is 0 Å². The maximum atomic E-state index is 11.7. The van der Waals surface area contributed by atoms with Crippen molar-refractivity contribution < 1.29 is 22.7 Å². The molecule has 18 heavy (non-hydrogen) atoms. The number of carbonyl (C=O) groups excluding carboxylic acids is 2. The van der Waals surface area contributed by atoms with Crippen LogP contribution in [0.1, 0.15) is 12.5 Å².